The Bertz CT molecular complexity index is 1230. The standard InChI is InChI=1S/C21H19N5O2S/c1-12-13(2)24-26(21(28)17(12)9-22)10-20(27)25-7-6-16-8-15(4-5-19(16)25)18-11-29-14(3)23-18/h4-5,8,11H,6-7,10H2,1-3H3. The van der Waals surface area contributed by atoms with Crippen molar-refractivity contribution in [3.8, 4) is 17.3 Å². The van der Waals surface area contributed by atoms with Gasteiger partial charge in [-0.2, -0.15) is 10.4 Å². The topological polar surface area (TPSA) is 91.9 Å². The van der Waals surface area contributed by atoms with Gasteiger partial charge in [-0.05, 0) is 50.5 Å². The summed E-state index contributed by atoms with van der Waals surface area (Å²) in [6.07, 6.45) is 0.747. The molecule has 4 rings (SSSR count). The van der Waals surface area contributed by atoms with Crippen molar-refractivity contribution in [1.29, 1.82) is 5.26 Å². The normalized spacial score (nSPS) is 12.7. The van der Waals surface area contributed by atoms with E-state index in [9.17, 15) is 14.9 Å². The van der Waals surface area contributed by atoms with Gasteiger partial charge in [0.1, 0.15) is 18.2 Å². The zero-order valence-electron chi connectivity index (χ0n) is 16.4. The van der Waals surface area contributed by atoms with E-state index in [1.165, 1.54) is 0 Å². The lowest BCUT2D eigenvalue weighted by molar-refractivity contribution is -0.119. The number of aromatic nitrogens is 3. The van der Waals surface area contributed by atoms with E-state index in [4.69, 9.17) is 0 Å². The van der Waals surface area contributed by atoms with Crippen LogP contribution >= 0.6 is 11.3 Å². The van der Waals surface area contributed by atoms with Crippen molar-refractivity contribution in [2.45, 2.75) is 33.7 Å². The van der Waals surface area contributed by atoms with Gasteiger partial charge in [-0.25, -0.2) is 9.67 Å². The highest BCUT2D eigenvalue weighted by molar-refractivity contribution is 7.09. The highest BCUT2D eigenvalue weighted by Gasteiger charge is 2.26. The van der Waals surface area contributed by atoms with Gasteiger partial charge in [-0.15, -0.1) is 11.3 Å². The maximum Gasteiger partial charge on any atom is 0.285 e. The highest BCUT2D eigenvalue weighted by Crippen LogP contribution is 2.32. The zero-order chi connectivity index (χ0) is 20.7. The van der Waals surface area contributed by atoms with E-state index in [0.717, 1.165) is 38.6 Å². The number of rotatable bonds is 3. The largest absolute Gasteiger partial charge is 0.310 e. The van der Waals surface area contributed by atoms with Crippen LogP contribution in [0.4, 0.5) is 5.69 Å². The Morgan fingerprint density at radius 1 is 1.31 bits per heavy atom. The monoisotopic (exact) mass is 405 g/mol. The number of nitrogens with zero attached hydrogens (tertiary/aromatic N) is 5. The molecule has 1 aliphatic rings. The summed E-state index contributed by atoms with van der Waals surface area (Å²) >= 11 is 1.61. The van der Waals surface area contributed by atoms with Crippen LogP contribution in [0.3, 0.4) is 0 Å². The molecule has 0 atom stereocenters. The molecule has 0 fully saturated rings. The van der Waals surface area contributed by atoms with E-state index in [1.807, 2.05) is 30.5 Å². The van der Waals surface area contributed by atoms with Crippen LogP contribution in [0.15, 0.2) is 28.4 Å². The molecule has 3 heterocycles. The molecular formula is C21H19N5O2S. The summed E-state index contributed by atoms with van der Waals surface area (Å²) < 4.78 is 1.09. The molecule has 0 N–H and O–H groups in total. The van der Waals surface area contributed by atoms with Gasteiger partial charge in [0, 0.05) is 23.2 Å². The second-order valence-electron chi connectivity index (χ2n) is 7.05. The second-order valence-corrected chi connectivity index (χ2v) is 8.11. The summed E-state index contributed by atoms with van der Waals surface area (Å²) in [6.45, 7) is 5.75. The predicted molar refractivity (Wildman–Crippen MR) is 111 cm³/mol. The molecule has 146 valence electrons. The Morgan fingerprint density at radius 2 is 2.10 bits per heavy atom. The van der Waals surface area contributed by atoms with Crippen molar-refractivity contribution in [3.05, 3.63) is 61.3 Å². The Hall–Kier alpha value is -3.31. The molecule has 3 aromatic rings. The number of thiazole rings is 1. The number of hydrogen-bond donors (Lipinski definition) is 0. The third-order valence-electron chi connectivity index (χ3n) is 5.22. The molecule has 0 saturated heterocycles. The van der Waals surface area contributed by atoms with Crippen LogP contribution < -0.4 is 10.5 Å². The average molecular weight is 405 g/mol. The van der Waals surface area contributed by atoms with E-state index in [1.54, 1.807) is 30.1 Å². The molecule has 0 saturated carbocycles. The maximum atomic E-state index is 12.9. The number of hydrogen-bond acceptors (Lipinski definition) is 6. The summed E-state index contributed by atoms with van der Waals surface area (Å²) in [5, 5.41) is 16.5. The Morgan fingerprint density at radius 3 is 2.79 bits per heavy atom. The summed E-state index contributed by atoms with van der Waals surface area (Å²) in [5.41, 5.74) is 4.54. The lowest BCUT2D eigenvalue weighted by Crippen LogP contribution is -2.37. The first kappa shape index (κ1) is 19.0. The number of anilines is 1. The van der Waals surface area contributed by atoms with Gasteiger partial charge in [0.2, 0.25) is 5.91 Å². The summed E-state index contributed by atoms with van der Waals surface area (Å²) in [6, 6.07) is 7.90. The summed E-state index contributed by atoms with van der Waals surface area (Å²) in [7, 11) is 0. The third-order valence-corrected chi connectivity index (χ3v) is 6.00. The molecule has 29 heavy (non-hydrogen) atoms. The molecule has 2 aromatic heterocycles. The molecule has 1 amide bonds. The number of carbonyl (C=O) groups is 1. The summed E-state index contributed by atoms with van der Waals surface area (Å²) in [5.74, 6) is -0.220. The lowest BCUT2D eigenvalue weighted by Gasteiger charge is -2.18. The molecule has 0 bridgehead atoms. The first-order valence-electron chi connectivity index (χ1n) is 9.23. The predicted octanol–water partition coefficient (Wildman–Crippen LogP) is 2.75. The quantitative estimate of drug-likeness (QED) is 0.668. The van der Waals surface area contributed by atoms with Gasteiger partial charge >= 0.3 is 0 Å². The molecule has 0 radical (unpaired) electrons. The van der Waals surface area contributed by atoms with E-state index in [0.29, 0.717) is 17.8 Å². The van der Waals surface area contributed by atoms with E-state index in [-0.39, 0.29) is 18.0 Å². The minimum Gasteiger partial charge on any atom is -0.310 e. The number of nitriles is 1. The van der Waals surface area contributed by atoms with Gasteiger partial charge in [0.05, 0.1) is 16.4 Å². The van der Waals surface area contributed by atoms with Crippen LogP contribution in [0.1, 0.15) is 27.4 Å². The van der Waals surface area contributed by atoms with Crippen LogP contribution in [-0.4, -0.2) is 27.2 Å². The van der Waals surface area contributed by atoms with Crippen LogP contribution in [-0.2, 0) is 17.8 Å². The maximum absolute atomic E-state index is 12.9. The highest BCUT2D eigenvalue weighted by atomic mass is 32.1. The Labute approximate surface area is 171 Å². The minimum absolute atomic E-state index is 0.0373. The SMILES string of the molecule is Cc1nc(-c2ccc3c(c2)CCN3C(=O)Cn2nc(C)c(C)c(C#N)c2=O)cs1. The average Bonchev–Trinajstić information content (AvgIpc) is 3.32. The molecule has 1 aromatic carbocycles. The van der Waals surface area contributed by atoms with Gasteiger partial charge in [0.15, 0.2) is 0 Å². The number of benzene rings is 1. The molecule has 0 unspecified atom stereocenters. The zero-order valence-corrected chi connectivity index (χ0v) is 17.2. The first-order chi connectivity index (χ1) is 13.9. The molecule has 1 aliphatic heterocycles. The Balaban J connectivity index is 1.61. The van der Waals surface area contributed by atoms with E-state index in [2.05, 4.69) is 16.1 Å². The van der Waals surface area contributed by atoms with Crippen molar-refractivity contribution in [2.24, 2.45) is 0 Å². The third kappa shape index (κ3) is 3.34. The van der Waals surface area contributed by atoms with Crippen LogP contribution in [0.25, 0.3) is 11.3 Å². The second kappa shape index (κ2) is 7.26. The smallest absolute Gasteiger partial charge is 0.285 e. The van der Waals surface area contributed by atoms with E-state index < -0.39 is 5.56 Å². The van der Waals surface area contributed by atoms with Crippen molar-refractivity contribution in [3.63, 3.8) is 0 Å². The van der Waals surface area contributed by atoms with Gasteiger partial charge in [0.25, 0.3) is 5.56 Å². The van der Waals surface area contributed by atoms with Gasteiger partial charge in [-0.3, -0.25) is 9.59 Å². The first-order valence-corrected chi connectivity index (χ1v) is 10.1. The van der Waals surface area contributed by atoms with Crippen molar-refractivity contribution in [2.75, 3.05) is 11.4 Å². The Kier molecular flexibility index (Phi) is 4.76. The minimum atomic E-state index is -0.530. The fourth-order valence-electron chi connectivity index (χ4n) is 3.54. The fourth-order valence-corrected chi connectivity index (χ4v) is 4.16. The van der Waals surface area contributed by atoms with Crippen LogP contribution in [0, 0.1) is 32.1 Å². The lowest BCUT2D eigenvalue weighted by atomic mass is 10.1. The molecule has 7 nitrogen and oxygen atoms in total. The van der Waals surface area contributed by atoms with Crippen LogP contribution in [0.2, 0.25) is 0 Å². The summed E-state index contributed by atoms with van der Waals surface area (Å²) in [4.78, 5) is 31.6. The number of aryl methyl sites for hydroxylation is 2. The van der Waals surface area contributed by atoms with Crippen molar-refractivity contribution < 1.29 is 4.79 Å². The number of fused-ring (bicyclic) bond motifs is 1. The van der Waals surface area contributed by atoms with E-state index >= 15 is 0 Å². The number of amides is 1. The molecule has 0 spiro atoms. The van der Waals surface area contributed by atoms with Gasteiger partial charge in [-0.1, -0.05) is 6.07 Å². The fraction of sp³-hybridized carbons (Fsp3) is 0.286. The molecular weight excluding hydrogens is 386 g/mol. The van der Waals surface area contributed by atoms with Crippen molar-refractivity contribution in [1.82, 2.24) is 14.8 Å². The van der Waals surface area contributed by atoms with Crippen molar-refractivity contribution >= 4 is 22.9 Å². The molecule has 8 heteroatoms. The molecule has 0 aliphatic carbocycles. The number of carbonyl (C=O) groups excluding carboxylic acids is 1. The van der Waals surface area contributed by atoms with Gasteiger partial charge < -0.3 is 4.90 Å². The van der Waals surface area contributed by atoms with Crippen LogP contribution in [0.5, 0.6) is 0 Å².